The van der Waals surface area contributed by atoms with E-state index < -0.39 is 0 Å². The van der Waals surface area contributed by atoms with Crippen LogP contribution in [0.4, 0.5) is 0 Å². The van der Waals surface area contributed by atoms with E-state index in [2.05, 4.69) is 5.32 Å². The average Bonchev–Trinajstić information content (AvgIpc) is 2.37. The molecular weight excluding hydrogens is 285 g/mol. The second kappa shape index (κ2) is 9.43. The van der Waals surface area contributed by atoms with Crippen LogP contribution < -0.4 is 10.1 Å². The van der Waals surface area contributed by atoms with Crippen LogP contribution in [0.25, 0.3) is 0 Å². The SMILES string of the molecule is CCOCCC[NH2+]Cc1cc(Cl)cc(Cl)c1OCC. The van der Waals surface area contributed by atoms with Crippen molar-refractivity contribution in [2.75, 3.05) is 26.4 Å². The Bertz CT molecular complexity index is 386. The van der Waals surface area contributed by atoms with E-state index >= 15 is 0 Å². The molecule has 0 aliphatic carbocycles. The fourth-order valence-electron chi connectivity index (χ4n) is 1.80. The van der Waals surface area contributed by atoms with Gasteiger partial charge in [0.25, 0.3) is 0 Å². The second-order valence-corrected chi connectivity index (χ2v) is 4.98. The molecule has 5 heteroatoms. The van der Waals surface area contributed by atoms with E-state index in [4.69, 9.17) is 32.7 Å². The van der Waals surface area contributed by atoms with Crippen LogP contribution in [-0.2, 0) is 11.3 Å². The molecule has 0 radical (unpaired) electrons. The molecule has 1 rings (SSSR count). The number of halogens is 2. The molecule has 0 heterocycles. The van der Waals surface area contributed by atoms with Crippen LogP contribution in [0.1, 0.15) is 25.8 Å². The number of hydrogen-bond donors (Lipinski definition) is 1. The molecule has 0 fully saturated rings. The van der Waals surface area contributed by atoms with Gasteiger partial charge in [-0.1, -0.05) is 23.2 Å². The Hall–Kier alpha value is -0.480. The number of benzene rings is 1. The number of hydrogen-bond acceptors (Lipinski definition) is 2. The van der Waals surface area contributed by atoms with E-state index in [0.717, 1.165) is 44.0 Å². The van der Waals surface area contributed by atoms with Gasteiger partial charge in [0.15, 0.2) is 0 Å². The monoisotopic (exact) mass is 306 g/mol. The molecule has 0 spiro atoms. The van der Waals surface area contributed by atoms with Crippen molar-refractivity contribution in [3.8, 4) is 5.75 Å². The van der Waals surface area contributed by atoms with Crippen molar-refractivity contribution in [3.63, 3.8) is 0 Å². The average molecular weight is 307 g/mol. The summed E-state index contributed by atoms with van der Waals surface area (Å²) in [6.07, 6.45) is 1.03. The van der Waals surface area contributed by atoms with Gasteiger partial charge >= 0.3 is 0 Å². The molecule has 108 valence electrons. The molecule has 0 unspecified atom stereocenters. The molecule has 0 saturated carbocycles. The number of rotatable bonds is 9. The van der Waals surface area contributed by atoms with Gasteiger partial charge in [-0.25, -0.2) is 0 Å². The highest BCUT2D eigenvalue weighted by Gasteiger charge is 2.11. The topological polar surface area (TPSA) is 35.1 Å². The first-order valence-corrected chi connectivity index (χ1v) is 7.44. The van der Waals surface area contributed by atoms with Crippen LogP contribution in [0.3, 0.4) is 0 Å². The number of ether oxygens (including phenoxy) is 2. The molecular formula is C14H22Cl2NO2+. The van der Waals surface area contributed by atoms with Crippen LogP contribution in [-0.4, -0.2) is 26.4 Å². The summed E-state index contributed by atoms with van der Waals surface area (Å²) < 4.78 is 10.9. The smallest absolute Gasteiger partial charge is 0.146 e. The van der Waals surface area contributed by atoms with Crippen molar-refractivity contribution in [2.45, 2.75) is 26.8 Å². The van der Waals surface area contributed by atoms with Gasteiger partial charge in [-0.05, 0) is 26.0 Å². The van der Waals surface area contributed by atoms with E-state index in [1.807, 2.05) is 19.9 Å². The standard InChI is InChI=1S/C14H21Cl2NO2/c1-3-18-7-5-6-17-10-11-8-12(15)9-13(16)14(11)19-4-2/h8-9,17H,3-7,10H2,1-2H3/p+1. The van der Waals surface area contributed by atoms with E-state index in [1.165, 1.54) is 0 Å². The first-order chi connectivity index (χ1) is 9.19. The van der Waals surface area contributed by atoms with E-state index in [1.54, 1.807) is 6.07 Å². The number of quaternary nitrogens is 1. The van der Waals surface area contributed by atoms with Gasteiger partial charge in [0.05, 0.1) is 30.3 Å². The first kappa shape index (κ1) is 16.6. The van der Waals surface area contributed by atoms with Crippen LogP contribution in [0.15, 0.2) is 12.1 Å². The molecule has 2 N–H and O–H groups in total. The minimum absolute atomic E-state index is 0.576. The van der Waals surface area contributed by atoms with E-state index in [-0.39, 0.29) is 0 Å². The molecule has 1 aromatic rings. The Kier molecular flexibility index (Phi) is 8.22. The second-order valence-electron chi connectivity index (χ2n) is 4.14. The highest BCUT2D eigenvalue weighted by molar-refractivity contribution is 6.35. The highest BCUT2D eigenvalue weighted by Crippen LogP contribution is 2.31. The third-order valence-electron chi connectivity index (χ3n) is 2.64. The van der Waals surface area contributed by atoms with Gasteiger partial charge in [-0.3, -0.25) is 0 Å². The van der Waals surface area contributed by atoms with Crippen molar-refractivity contribution in [1.82, 2.24) is 0 Å². The zero-order valence-corrected chi connectivity index (χ0v) is 13.1. The summed E-state index contributed by atoms with van der Waals surface area (Å²) in [4.78, 5) is 0. The minimum atomic E-state index is 0.576. The van der Waals surface area contributed by atoms with Gasteiger partial charge in [-0.15, -0.1) is 0 Å². The molecule has 0 aromatic heterocycles. The van der Waals surface area contributed by atoms with Crippen molar-refractivity contribution in [3.05, 3.63) is 27.7 Å². The molecule has 0 amide bonds. The normalized spacial score (nSPS) is 10.7. The molecule has 0 saturated heterocycles. The van der Waals surface area contributed by atoms with E-state index in [9.17, 15) is 0 Å². The lowest BCUT2D eigenvalue weighted by Crippen LogP contribution is -2.82. The fraction of sp³-hybridized carbons (Fsp3) is 0.571. The van der Waals surface area contributed by atoms with Gasteiger partial charge < -0.3 is 14.8 Å². The summed E-state index contributed by atoms with van der Waals surface area (Å²) in [7, 11) is 0. The maximum atomic E-state index is 6.15. The molecule has 3 nitrogen and oxygen atoms in total. The summed E-state index contributed by atoms with van der Waals surface area (Å²) in [6, 6.07) is 3.63. The zero-order valence-electron chi connectivity index (χ0n) is 11.5. The van der Waals surface area contributed by atoms with Crippen molar-refractivity contribution in [2.24, 2.45) is 0 Å². The highest BCUT2D eigenvalue weighted by atomic mass is 35.5. The molecule has 0 bridgehead atoms. The van der Waals surface area contributed by atoms with Gasteiger partial charge in [0.2, 0.25) is 0 Å². The van der Waals surface area contributed by atoms with Gasteiger partial charge in [-0.2, -0.15) is 0 Å². The predicted molar refractivity (Wildman–Crippen MR) is 79.2 cm³/mol. The summed E-state index contributed by atoms with van der Waals surface area (Å²) in [5, 5.41) is 3.43. The minimum Gasteiger partial charge on any atom is -0.492 e. The van der Waals surface area contributed by atoms with Crippen LogP contribution >= 0.6 is 23.2 Å². The molecule has 1 aromatic carbocycles. The van der Waals surface area contributed by atoms with Gasteiger partial charge in [0, 0.05) is 18.1 Å². The van der Waals surface area contributed by atoms with Crippen molar-refractivity contribution >= 4 is 23.2 Å². The molecule has 19 heavy (non-hydrogen) atoms. The molecule has 0 aliphatic heterocycles. The van der Waals surface area contributed by atoms with Crippen molar-refractivity contribution in [1.29, 1.82) is 0 Å². The Morgan fingerprint density at radius 1 is 1.16 bits per heavy atom. The quantitative estimate of drug-likeness (QED) is 0.712. The fourth-order valence-corrected chi connectivity index (χ4v) is 2.39. The van der Waals surface area contributed by atoms with Crippen LogP contribution in [0.5, 0.6) is 5.75 Å². The van der Waals surface area contributed by atoms with Gasteiger partial charge in [0.1, 0.15) is 12.3 Å². The summed E-state index contributed by atoms with van der Waals surface area (Å²) in [6.45, 7) is 7.95. The summed E-state index contributed by atoms with van der Waals surface area (Å²) in [5.41, 5.74) is 1.04. The Morgan fingerprint density at radius 2 is 1.95 bits per heavy atom. The maximum Gasteiger partial charge on any atom is 0.146 e. The molecule has 0 aliphatic rings. The lowest BCUT2D eigenvalue weighted by Gasteiger charge is -2.12. The third kappa shape index (κ3) is 6.00. The largest absolute Gasteiger partial charge is 0.492 e. The summed E-state index contributed by atoms with van der Waals surface area (Å²) >= 11 is 12.2. The Morgan fingerprint density at radius 3 is 2.63 bits per heavy atom. The number of nitrogens with two attached hydrogens (primary N) is 1. The lowest BCUT2D eigenvalue weighted by molar-refractivity contribution is -0.671. The summed E-state index contributed by atoms with van der Waals surface area (Å²) in [5.74, 6) is 0.745. The van der Waals surface area contributed by atoms with Crippen LogP contribution in [0, 0.1) is 0 Å². The maximum absolute atomic E-state index is 6.15. The lowest BCUT2D eigenvalue weighted by atomic mass is 10.2. The Labute approximate surface area is 125 Å². The first-order valence-electron chi connectivity index (χ1n) is 6.69. The third-order valence-corrected chi connectivity index (χ3v) is 3.14. The van der Waals surface area contributed by atoms with Crippen molar-refractivity contribution < 1.29 is 14.8 Å². The van der Waals surface area contributed by atoms with Crippen LogP contribution in [0.2, 0.25) is 10.0 Å². The predicted octanol–water partition coefficient (Wildman–Crippen LogP) is 2.88. The van der Waals surface area contributed by atoms with E-state index in [0.29, 0.717) is 16.7 Å². The molecule has 0 atom stereocenters. The zero-order chi connectivity index (χ0) is 14.1. The Balaban J connectivity index is 2.51.